The van der Waals surface area contributed by atoms with E-state index < -0.39 is 9.84 Å². The molecule has 0 aliphatic carbocycles. The fourth-order valence-corrected chi connectivity index (χ4v) is 5.88. The molecular weight excluding hydrogens is 392 g/mol. The lowest BCUT2D eigenvalue weighted by molar-refractivity contribution is 0.493. The number of fused-ring (bicyclic) bond motifs is 3. The van der Waals surface area contributed by atoms with E-state index in [1.807, 2.05) is 6.26 Å². The Kier molecular flexibility index (Phi) is 4.46. The maximum Gasteiger partial charge on any atom is 0.213 e. The second-order valence-electron chi connectivity index (χ2n) is 6.25. The molecule has 136 valence electrons. The quantitative estimate of drug-likeness (QED) is 0.671. The Balaban J connectivity index is 1.98. The van der Waals surface area contributed by atoms with Crippen LogP contribution in [-0.4, -0.2) is 35.3 Å². The first kappa shape index (κ1) is 17.8. The summed E-state index contributed by atoms with van der Waals surface area (Å²) in [6, 6.07) is 6.61. The minimum absolute atomic E-state index is 0.133. The predicted molar refractivity (Wildman–Crippen MR) is 102 cm³/mol. The lowest BCUT2D eigenvalue weighted by Crippen LogP contribution is -2.34. The third-order valence-electron chi connectivity index (χ3n) is 4.47. The van der Waals surface area contributed by atoms with Crippen molar-refractivity contribution in [2.45, 2.75) is 40.7 Å². The first-order valence-corrected chi connectivity index (χ1v) is 11.2. The highest BCUT2D eigenvalue weighted by Gasteiger charge is 2.30. The molecule has 6 nitrogen and oxygen atoms in total. The Morgan fingerprint density at radius 1 is 1.38 bits per heavy atom. The standard InChI is InChI=1S/C17H17ClN4O2S2/c1-10-6-11-8-20-16-15(17(25-2)21-22(16)14(11)9-19-10)26(23,24)13-5-3-4-12(18)7-13/h3-5,7-8,10,19H,6,9H2,1-2H3. The maximum atomic E-state index is 13.3. The lowest BCUT2D eigenvalue weighted by Gasteiger charge is -2.23. The SMILES string of the molecule is CSc1nn2c3c(cnc2c1S(=O)(=O)c1cccc(Cl)c1)CC(C)NC3. The first-order valence-electron chi connectivity index (χ1n) is 8.09. The molecule has 1 N–H and O–H groups in total. The van der Waals surface area contributed by atoms with Crippen molar-refractivity contribution < 1.29 is 8.42 Å². The van der Waals surface area contributed by atoms with Gasteiger partial charge in [0.1, 0.15) is 5.03 Å². The van der Waals surface area contributed by atoms with Gasteiger partial charge in [-0.2, -0.15) is 5.10 Å². The van der Waals surface area contributed by atoms with Crippen LogP contribution in [0.15, 0.2) is 45.3 Å². The van der Waals surface area contributed by atoms with Crippen LogP contribution in [-0.2, 0) is 22.8 Å². The summed E-state index contributed by atoms with van der Waals surface area (Å²) in [7, 11) is -3.80. The number of nitrogens with zero attached hydrogens (tertiary/aromatic N) is 3. The molecule has 0 radical (unpaired) electrons. The fourth-order valence-electron chi connectivity index (χ4n) is 3.18. The van der Waals surface area contributed by atoms with E-state index in [0.717, 1.165) is 17.7 Å². The summed E-state index contributed by atoms with van der Waals surface area (Å²) in [4.78, 5) is 4.73. The van der Waals surface area contributed by atoms with Crippen molar-refractivity contribution >= 4 is 38.8 Å². The third-order valence-corrected chi connectivity index (χ3v) is 7.30. The maximum absolute atomic E-state index is 13.3. The van der Waals surface area contributed by atoms with Gasteiger partial charge in [-0.25, -0.2) is 17.9 Å². The van der Waals surface area contributed by atoms with Gasteiger partial charge in [0.05, 0.1) is 10.6 Å². The van der Waals surface area contributed by atoms with Crippen molar-refractivity contribution in [3.8, 4) is 0 Å². The number of sulfone groups is 1. The van der Waals surface area contributed by atoms with Gasteiger partial charge >= 0.3 is 0 Å². The van der Waals surface area contributed by atoms with Crippen molar-refractivity contribution in [2.75, 3.05) is 6.26 Å². The van der Waals surface area contributed by atoms with E-state index in [9.17, 15) is 8.42 Å². The van der Waals surface area contributed by atoms with Crippen molar-refractivity contribution in [1.82, 2.24) is 19.9 Å². The number of halogens is 1. The molecule has 0 amide bonds. The van der Waals surface area contributed by atoms with Crippen LogP contribution in [0.1, 0.15) is 18.2 Å². The van der Waals surface area contributed by atoms with Crippen LogP contribution in [0.25, 0.3) is 5.65 Å². The summed E-state index contributed by atoms with van der Waals surface area (Å²) in [5, 5.41) is 8.75. The molecule has 9 heteroatoms. The monoisotopic (exact) mass is 408 g/mol. The second-order valence-corrected chi connectivity index (χ2v) is 9.37. The summed E-state index contributed by atoms with van der Waals surface area (Å²) < 4.78 is 28.2. The van der Waals surface area contributed by atoms with E-state index in [4.69, 9.17) is 11.6 Å². The highest BCUT2D eigenvalue weighted by atomic mass is 35.5. The van der Waals surface area contributed by atoms with Gasteiger partial charge in [0, 0.05) is 23.8 Å². The van der Waals surface area contributed by atoms with E-state index in [1.165, 1.54) is 23.9 Å². The number of thioether (sulfide) groups is 1. The molecule has 26 heavy (non-hydrogen) atoms. The molecule has 3 aromatic rings. The van der Waals surface area contributed by atoms with Gasteiger partial charge < -0.3 is 5.32 Å². The normalized spacial score (nSPS) is 17.4. The van der Waals surface area contributed by atoms with E-state index in [0.29, 0.717) is 28.3 Å². The van der Waals surface area contributed by atoms with E-state index >= 15 is 0 Å². The predicted octanol–water partition coefficient (Wildman–Crippen LogP) is 2.97. The second kappa shape index (κ2) is 6.53. The largest absolute Gasteiger partial charge is 0.308 e. The van der Waals surface area contributed by atoms with Crippen LogP contribution >= 0.6 is 23.4 Å². The van der Waals surface area contributed by atoms with Gasteiger partial charge in [0.2, 0.25) is 9.84 Å². The lowest BCUT2D eigenvalue weighted by atomic mass is 10.0. The Bertz CT molecular complexity index is 1110. The zero-order chi connectivity index (χ0) is 18.5. The van der Waals surface area contributed by atoms with Gasteiger partial charge in [-0.05, 0) is 43.4 Å². The molecule has 2 aromatic heterocycles. The van der Waals surface area contributed by atoms with Crippen LogP contribution < -0.4 is 5.32 Å². The van der Waals surface area contributed by atoms with Gasteiger partial charge in [-0.15, -0.1) is 11.8 Å². The Morgan fingerprint density at radius 3 is 2.92 bits per heavy atom. The third kappa shape index (κ3) is 2.81. The van der Waals surface area contributed by atoms with Gasteiger partial charge in [-0.1, -0.05) is 17.7 Å². The minimum atomic E-state index is -3.80. The molecule has 0 saturated heterocycles. The van der Waals surface area contributed by atoms with Crippen molar-refractivity contribution in [3.05, 3.63) is 46.7 Å². The molecule has 0 bridgehead atoms. The van der Waals surface area contributed by atoms with E-state index in [-0.39, 0.29) is 9.79 Å². The molecule has 1 aromatic carbocycles. The van der Waals surface area contributed by atoms with Crippen LogP contribution in [0.3, 0.4) is 0 Å². The Morgan fingerprint density at radius 2 is 2.19 bits per heavy atom. The highest BCUT2D eigenvalue weighted by Crippen LogP contribution is 2.34. The zero-order valence-electron chi connectivity index (χ0n) is 14.2. The number of benzene rings is 1. The van der Waals surface area contributed by atoms with Crippen LogP contribution in [0, 0.1) is 0 Å². The molecule has 0 saturated carbocycles. The Hall–Kier alpha value is -1.61. The molecule has 1 unspecified atom stereocenters. The summed E-state index contributed by atoms with van der Waals surface area (Å²) >= 11 is 7.29. The van der Waals surface area contributed by atoms with Crippen molar-refractivity contribution in [2.24, 2.45) is 0 Å². The summed E-state index contributed by atoms with van der Waals surface area (Å²) in [6.45, 7) is 2.74. The summed E-state index contributed by atoms with van der Waals surface area (Å²) in [5.74, 6) is 0. The van der Waals surface area contributed by atoms with Crippen molar-refractivity contribution in [3.63, 3.8) is 0 Å². The molecule has 0 spiro atoms. The number of rotatable bonds is 3. The molecule has 1 aliphatic heterocycles. The van der Waals surface area contributed by atoms with Gasteiger partial charge in [0.25, 0.3) is 0 Å². The van der Waals surface area contributed by atoms with Crippen LogP contribution in [0.4, 0.5) is 0 Å². The van der Waals surface area contributed by atoms with E-state index in [1.54, 1.807) is 22.8 Å². The number of hydrogen-bond donors (Lipinski definition) is 1. The smallest absolute Gasteiger partial charge is 0.213 e. The molecule has 1 aliphatic rings. The molecular formula is C17H17ClN4O2S2. The fraction of sp³-hybridized carbons (Fsp3) is 0.294. The highest BCUT2D eigenvalue weighted by molar-refractivity contribution is 7.99. The molecule has 0 fully saturated rings. The van der Waals surface area contributed by atoms with Gasteiger partial charge in [0.15, 0.2) is 10.5 Å². The topological polar surface area (TPSA) is 76.4 Å². The molecule has 4 rings (SSSR count). The number of nitrogens with one attached hydrogen (secondary N) is 1. The summed E-state index contributed by atoms with van der Waals surface area (Å²) in [6.07, 6.45) is 4.42. The molecule has 1 atom stereocenters. The van der Waals surface area contributed by atoms with Crippen molar-refractivity contribution in [1.29, 1.82) is 0 Å². The zero-order valence-corrected chi connectivity index (χ0v) is 16.6. The Labute approximate surface area is 160 Å². The van der Waals surface area contributed by atoms with Gasteiger partial charge in [-0.3, -0.25) is 0 Å². The average Bonchev–Trinajstić information content (AvgIpc) is 3.01. The first-order chi connectivity index (χ1) is 12.4. The van der Waals surface area contributed by atoms with Crippen LogP contribution in [0.2, 0.25) is 5.02 Å². The number of aromatic nitrogens is 3. The van der Waals surface area contributed by atoms with Crippen LogP contribution in [0.5, 0.6) is 0 Å². The van der Waals surface area contributed by atoms with E-state index in [2.05, 4.69) is 22.3 Å². The molecule has 3 heterocycles. The minimum Gasteiger partial charge on any atom is -0.308 e. The number of hydrogen-bond acceptors (Lipinski definition) is 6. The summed E-state index contributed by atoms with van der Waals surface area (Å²) in [5.41, 5.74) is 2.39. The average molecular weight is 409 g/mol.